The predicted octanol–water partition coefficient (Wildman–Crippen LogP) is 2.90. The molecular weight excluding hydrogens is 386 g/mol. The van der Waals surface area contributed by atoms with E-state index in [1.807, 2.05) is 23.0 Å². The van der Waals surface area contributed by atoms with Crippen LogP contribution in [0.4, 0.5) is 5.69 Å². The second kappa shape index (κ2) is 9.84. The van der Waals surface area contributed by atoms with Crippen molar-refractivity contribution in [3.63, 3.8) is 0 Å². The van der Waals surface area contributed by atoms with Crippen molar-refractivity contribution in [1.82, 2.24) is 19.6 Å². The van der Waals surface area contributed by atoms with Crippen molar-refractivity contribution in [2.24, 2.45) is 0 Å². The summed E-state index contributed by atoms with van der Waals surface area (Å²) in [6.07, 6.45) is 1.98. The first-order valence-corrected chi connectivity index (χ1v) is 10.5. The highest BCUT2D eigenvalue weighted by Crippen LogP contribution is 2.15. The van der Waals surface area contributed by atoms with Gasteiger partial charge in [0.15, 0.2) is 5.11 Å². The van der Waals surface area contributed by atoms with Crippen LogP contribution in [0.15, 0.2) is 30.5 Å². The molecule has 0 saturated carbocycles. The molecule has 0 aliphatic carbocycles. The van der Waals surface area contributed by atoms with Crippen molar-refractivity contribution in [2.45, 2.75) is 33.9 Å². The van der Waals surface area contributed by atoms with E-state index in [4.69, 9.17) is 17.0 Å². The minimum absolute atomic E-state index is 0.308. The Hall–Kier alpha value is -2.45. The maximum atomic E-state index is 11.7. The largest absolute Gasteiger partial charge is 0.462 e. The second-order valence-corrected chi connectivity index (χ2v) is 7.45. The molecule has 1 aromatic carbocycles. The van der Waals surface area contributed by atoms with Crippen molar-refractivity contribution in [3.8, 4) is 0 Å². The number of hydrogen-bond acceptors (Lipinski definition) is 5. The number of piperazine rings is 1. The third kappa shape index (κ3) is 5.33. The maximum Gasteiger partial charge on any atom is 0.338 e. The van der Waals surface area contributed by atoms with Crippen molar-refractivity contribution < 1.29 is 9.53 Å². The van der Waals surface area contributed by atoms with E-state index >= 15 is 0 Å². The lowest BCUT2D eigenvalue weighted by molar-refractivity contribution is 0.0526. The molecule has 2 heterocycles. The molecule has 1 N–H and O–H groups in total. The van der Waals surface area contributed by atoms with Gasteiger partial charge < -0.3 is 15.0 Å². The van der Waals surface area contributed by atoms with Gasteiger partial charge in [0.2, 0.25) is 0 Å². The first-order chi connectivity index (χ1) is 14.0. The monoisotopic (exact) mass is 415 g/mol. The summed E-state index contributed by atoms with van der Waals surface area (Å²) < 4.78 is 7.05. The molecule has 0 amide bonds. The van der Waals surface area contributed by atoms with Crippen molar-refractivity contribution in [3.05, 3.63) is 47.3 Å². The highest BCUT2D eigenvalue weighted by atomic mass is 32.1. The summed E-state index contributed by atoms with van der Waals surface area (Å²) in [5.74, 6) is -0.308. The van der Waals surface area contributed by atoms with Gasteiger partial charge in [-0.3, -0.25) is 9.58 Å². The Balaban J connectivity index is 1.48. The summed E-state index contributed by atoms with van der Waals surface area (Å²) >= 11 is 5.58. The van der Waals surface area contributed by atoms with Crippen LogP contribution in [0.1, 0.15) is 35.5 Å². The fraction of sp³-hybridized carbons (Fsp3) is 0.476. The molecule has 1 saturated heterocycles. The lowest BCUT2D eigenvalue weighted by Gasteiger charge is -2.36. The van der Waals surface area contributed by atoms with Crippen LogP contribution in [-0.2, 0) is 17.8 Å². The van der Waals surface area contributed by atoms with Gasteiger partial charge in [-0.25, -0.2) is 4.79 Å². The van der Waals surface area contributed by atoms with Crippen LogP contribution in [0, 0.1) is 6.92 Å². The highest BCUT2D eigenvalue weighted by molar-refractivity contribution is 7.80. The quantitative estimate of drug-likeness (QED) is 0.575. The first-order valence-electron chi connectivity index (χ1n) is 10.1. The van der Waals surface area contributed by atoms with E-state index in [9.17, 15) is 4.79 Å². The zero-order valence-electron chi connectivity index (χ0n) is 17.4. The van der Waals surface area contributed by atoms with E-state index in [0.717, 1.165) is 45.0 Å². The molecule has 0 unspecified atom stereocenters. The number of nitrogens with zero attached hydrogens (tertiary/aromatic N) is 4. The number of carbonyl (C=O) groups excluding carboxylic acids is 1. The minimum Gasteiger partial charge on any atom is -0.462 e. The number of aromatic nitrogens is 2. The molecule has 0 spiro atoms. The average Bonchev–Trinajstić information content (AvgIpc) is 3.08. The van der Waals surface area contributed by atoms with E-state index in [-0.39, 0.29) is 5.97 Å². The number of ether oxygens (including phenoxy) is 1. The van der Waals surface area contributed by atoms with Gasteiger partial charge in [-0.05, 0) is 57.3 Å². The fourth-order valence-corrected chi connectivity index (χ4v) is 3.72. The number of aryl methyl sites for hydroxylation is 1. The molecule has 2 aromatic rings. The fourth-order valence-electron chi connectivity index (χ4n) is 3.42. The molecule has 0 radical (unpaired) electrons. The van der Waals surface area contributed by atoms with Gasteiger partial charge in [0, 0.05) is 56.2 Å². The Morgan fingerprint density at radius 1 is 1.17 bits per heavy atom. The van der Waals surface area contributed by atoms with E-state index in [0.29, 0.717) is 17.3 Å². The number of anilines is 1. The number of rotatable bonds is 6. The van der Waals surface area contributed by atoms with Crippen LogP contribution in [-0.4, -0.2) is 63.4 Å². The summed E-state index contributed by atoms with van der Waals surface area (Å²) in [6, 6.07) is 7.20. The van der Waals surface area contributed by atoms with Crippen molar-refractivity contribution >= 4 is 29.0 Å². The van der Waals surface area contributed by atoms with E-state index < -0.39 is 0 Å². The molecule has 8 heteroatoms. The standard InChI is InChI=1S/C21H29N5O2S/c1-4-26-16(3)18(14-22-26)15-24-10-12-25(13-11-24)21(29)23-19-8-6-17(7-9-19)20(27)28-5-2/h6-9,14H,4-5,10-13,15H2,1-3H3,(H,23,29). The van der Waals surface area contributed by atoms with Crippen molar-refractivity contribution in [1.29, 1.82) is 0 Å². The third-order valence-corrected chi connectivity index (χ3v) is 5.57. The van der Waals surface area contributed by atoms with Gasteiger partial charge in [-0.1, -0.05) is 0 Å². The molecule has 29 heavy (non-hydrogen) atoms. The average molecular weight is 416 g/mol. The summed E-state index contributed by atoms with van der Waals surface area (Å²) in [5, 5.41) is 8.42. The maximum absolute atomic E-state index is 11.7. The summed E-state index contributed by atoms with van der Waals surface area (Å²) in [4.78, 5) is 16.4. The Kier molecular flexibility index (Phi) is 7.22. The van der Waals surface area contributed by atoms with Crippen molar-refractivity contribution in [2.75, 3.05) is 38.1 Å². The molecule has 1 aliphatic heterocycles. The van der Waals surface area contributed by atoms with Gasteiger partial charge in [-0.15, -0.1) is 0 Å². The van der Waals surface area contributed by atoms with Gasteiger partial charge in [0.05, 0.1) is 18.4 Å². The second-order valence-electron chi connectivity index (χ2n) is 7.06. The number of carbonyl (C=O) groups is 1. The molecule has 0 atom stereocenters. The van der Waals surface area contributed by atoms with Gasteiger partial charge in [-0.2, -0.15) is 5.10 Å². The SMILES string of the molecule is CCOC(=O)c1ccc(NC(=S)N2CCN(Cc3cnn(CC)c3C)CC2)cc1. The number of hydrogen-bond donors (Lipinski definition) is 1. The Morgan fingerprint density at radius 3 is 2.45 bits per heavy atom. The highest BCUT2D eigenvalue weighted by Gasteiger charge is 2.20. The number of benzene rings is 1. The van der Waals surface area contributed by atoms with Crippen LogP contribution in [0.25, 0.3) is 0 Å². The third-order valence-electron chi connectivity index (χ3n) is 5.21. The Labute approximate surface area is 177 Å². The molecule has 1 aliphatic rings. The smallest absolute Gasteiger partial charge is 0.338 e. The van der Waals surface area contributed by atoms with Crippen LogP contribution < -0.4 is 5.32 Å². The van der Waals surface area contributed by atoms with Crippen LogP contribution in [0.5, 0.6) is 0 Å². The first kappa shape index (κ1) is 21.3. The van der Waals surface area contributed by atoms with E-state index in [2.05, 4.69) is 34.1 Å². The van der Waals surface area contributed by atoms with E-state index in [1.54, 1.807) is 19.1 Å². The summed E-state index contributed by atoms with van der Waals surface area (Å²) in [7, 11) is 0. The Bertz CT molecular complexity index is 841. The zero-order chi connectivity index (χ0) is 20.8. The number of esters is 1. The van der Waals surface area contributed by atoms with E-state index in [1.165, 1.54) is 11.3 Å². The summed E-state index contributed by atoms with van der Waals surface area (Å²) in [6.45, 7) is 11.9. The number of nitrogens with one attached hydrogen (secondary N) is 1. The molecule has 1 fully saturated rings. The van der Waals surface area contributed by atoms with Crippen LogP contribution in [0.3, 0.4) is 0 Å². The molecule has 3 rings (SSSR count). The predicted molar refractivity (Wildman–Crippen MR) is 118 cm³/mol. The van der Waals surface area contributed by atoms with Gasteiger partial charge >= 0.3 is 5.97 Å². The Morgan fingerprint density at radius 2 is 1.86 bits per heavy atom. The molecule has 7 nitrogen and oxygen atoms in total. The van der Waals surface area contributed by atoms with Crippen LogP contribution in [0.2, 0.25) is 0 Å². The molecule has 156 valence electrons. The van der Waals surface area contributed by atoms with Crippen LogP contribution >= 0.6 is 12.2 Å². The number of thiocarbonyl (C=S) groups is 1. The molecule has 0 bridgehead atoms. The minimum atomic E-state index is -0.308. The van der Waals surface area contributed by atoms with Gasteiger partial charge in [0.1, 0.15) is 0 Å². The normalized spacial score (nSPS) is 14.7. The topological polar surface area (TPSA) is 62.6 Å². The zero-order valence-corrected chi connectivity index (χ0v) is 18.2. The van der Waals surface area contributed by atoms with Gasteiger partial charge in [0.25, 0.3) is 0 Å². The molecular formula is C21H29N5O2S. The lowest BCUT2D eigenvalue weighted by atomic mass is 10.2. The lowest BCUT2D eigenvalue weighted by Crippen LogP contribution is -2.49. The summed E-state index contributed by atoms with van der Waals surface area (Å²) in [5.41, 5.74) is 3.95. The molecule has 1 aromatic heterocycles.